The van der Waals surface area contributed by atoms with Gasteiger partial charge in [-0.1, -0.05) is 45.4 Å². The fourth-order valence-electron chi connectivity index (χ4n) is 1.79. The average Bonchev–Trinajstić information content (AvgIpc) is 2.83. The number of para-hydroxylation sites is 1. The lowest BCUT2D eigenvalue weighted by molar-refractivity contribution is 0.823. The van der Waals surface area contributed by atoms with Gasteiger partial charge < -0.3 is 0 Å². The van der Waals surface area contributed by atoms with E-state index < -0.39 is 0 Å². The highest BCUT2D eigenvalue weighted by Gasteiger charge is 2.04. The Morgan fingerprint density at radius 3 is 2.53 bits per heavy atom. The van der Waals surface area contributed by atoms with E-state index in [1.807, 2.05) is 28.9 Å². The molecule has 3 rings (SSSR count). The first kappa shape index (κ1) is 10.5. The predicted octanol–water partition coefficient (Wildman–Crippen LogP) is 3.32. The molecule has 1 aromatic heterocycles. The van der Waals surface area contributed by atoms with Crippen LogP contribution in [0.1, 0.15) is 5.56 Å². The van der Waals surface area contributed by atoms with E-state index in [1.165, 1.54) is 5.56 Å². The van der Waals surface area contributed by atoms with E-state index in [2.05, 4.69) is 50.5 Å². The number of fused-ring (bicyclic) bond motifs is 1. The summed E-state index contributed by atoms with van der Waals surface area (Å²) < 4.78 is 1.85. The second-order valence-electron chi connectivity index (χ2n) is 3.79. The number of rotatable bonds is 2. The third-order valence-electron chi connectivity index (χ3n) is 2.69. The topological polar surface area (TPSA) is 30.7 Å². The predicted molar refractivity (Wildman–Crippen MR) is 71.5 cm³/mol. The average molecular weight is 288 g/mol. The third kappa shape index (κ3) is 1.85. The minimum Gasteiger partial charge on any atom is -0.213 e. The van der Waals surface area contributed by atoms with Crippen molar-refractivity contribution in [1.29, 1.82) is 0 Å². The third-order valence-corrected chi connectivity index (χ3v) is 3.33. The van der Waals surface area contributed by atoms with Gasteiger partial charge in [0.15, 0.2) is 0 Å². The summed E-state index contributed by atoms with van der Waals surface area (Å²) in [5.74, 6) is 0. The smallest absolute Gasteiger partial charge is 0.113 e. The summed E-state index contributed by atoms with van der Waals surface area (Å²) in [4.78, 5) is 0. The van der Waals surface area contributed by atoms with Crippen molar-refractivity contribution in [2.45, 2.75) is 5.33 Å². The van der Waals surface area contributed by atoms with Gasteiger partial charge >= 0.3 is 0 Å². The van der Waals surface area contributed by atoms with Gasteiger partial charge in [0.2, 0.25) is 0 Å². The Bertz CT molecular complexity index is 643. The van der Waals surface area contributed by atoms with Crippen LogP contribution in [0.25, 0.3) is 16.7 Å². The lowest BCUT2D eigenvalue weighted by Gasteiger charge is -2.02. The molecule has 0 fully saturated rings. The summed E-state index contributed by atoms with van der Waals surface area (Å²) in [6.07, 6.45) is 0. The quantitative estimate of drug-likeness (QED) is 0.677. The molecule has 3 nitrogen and oxygen atoms in total. The number of alkyl halides is 1. The van der Waals surface area contributed by atoms with Crippen LogP contribution in [-0.2, 0) is 5.33 Å². The molecule has 17 heavy (non-hydrogen) atoms. The van der Waals surface area contributed by atoms with Gasteiger partial charge in [0.25, 0.3) is 0 Å². The van der Waals surface area contributed by atoms with Gasteiger partial charge in [0, 0.05) is 5.33 Å². The van der Waals surface area contributed by atoms with Crippen molar-refractivity contribution >= 4 is 27.0 Å². The summed E-state index contributed by atoms with van der Waals surface area (Å²) >= 11 is 3.44. The zero-order valence-corrected chi connectivity index (χ0v) is 10.6. The monoisotopic (exact) mass is 287 g/mol. The van der Waals surface area contributed by atoms with Crippen LogP contribution in [-0.4, -0.2) is 15.0 Å². The van der Waals surface area contributed by atoms with Gasteiger partial charge in [-0.05, 0) is 29.8 Å². The molecular formula is C13H10BrN3. The summed E-state index contributed by atoms with van der Waals surface area (Å²) in [5, 5.41) is 9.18. The second-order valence-corrected chi connectivity index (χ2v) is 4.35. The molecule has 4 heteroatoms. The molecule has 0 aliphatic rings. The molecule has 0 unspecified atom stereocenters. The molecule has 0 N–H and O–H groups in total. The van der Waals surface area contributed by atoms with Crippen molar-refractivity contribution in [3.05, 3.63) is 54.1 Å². The number of aromatic nitrogens is 3. The van der Waals surface area contributed by atoms with Crippen LogP contribution in [0.2, 0.25) is 0 Å². The first-order valence-corrected chi connectivity index (χ1v) is 6.46. The van der Waals surface area contributed by atoms with Crippen LogP contribution in [0.15, 0.2) is 48.5 Å². The van der Waals surface area contributed by atoms with E-state index in [9.17, 15) is 0 Å². The molecule has 2 aromatic carbocycles. The lowest BCUT2D eigenvalue weighted by atomic mass is 10.2. The maximum absolute atomic E-state index is 4.18. The highest BCUT2D eigenvalue weighted by Crippen LogP contribution is 2.16. The molecule has 0 saturated carbocycles. The molecule has 0 amide bonds. The fourth-order valence-corrected chi connectivity index (χ4v) is 2.16. The lowest BCUT2D eigenvalue weighted by Crippen LogP contribution is -1.96. The molecule has 0 aliphatic heterocycles. The first-order valence-electron chi connectivity index (χ1n) is 5.34. The van der Waals surface area contributed by atoms with Gasteiger partial charge in [-0.25, -0.2) is 4.68 Å². The largest absolute Gasteiger partial charge is 0.213 e. The Balaban J connectivity index is 2.13. The van der Waals surface area contributed by atoms with Gasteiger partial charge in [0.1, 0.15) is 5.52 Å². The molecule has 1 heterocycles. The van der Waals surface area contributed by atoms with Crippen LogP contribution in [0.5, 0.6) is 0 Å². The van der Waals surface area contributed by atoms with E-state index in [0.717, 1.165) is 22.1 Å². The molecule has 0 atom stereocenters. The molecular weight excluding hydrogens is 278 g/mol. The van der Waals surface area contributed by atoms with Gasteiger partial charge in [-0.15, -0.1) is 5.10 Å². The normalized spacial score (nSPS) is 10.9. The number of hydrogen-bond acceptors (Lipinski definition) is 2. The standard InChI is InChI=1S/C13H10BrN3/c14-9-10-5-7-11(8-6-10)17-13-4-2-1-3-12(13)15-16-17/h1-8H,9H2. The van der Waals surface area contributed by atoms with Crippen molar-refractivity contribution in [2.75, 3.05) is 0 Å². The first-order chi connectivity index (χ1) is 8.38. The summed E-state index contributed by atoms with van der Waals surface area (Å²) in [5.41, 5.74) is 4.22. The molecule has 0 radical (unpaired) electrons. The molecule has 0 saturated heterocycles. The maximum Gasteiger partial charge on any atom is 0.113 e. The minimum absolute atomic E-state index is 0.866. The molecule has 3 aromatic rings. The van der Waals surface area contributed by atoms with E-state index in [-0.39, 0.29) is 0 Å². The van der Waals surface area contributed by atoms with Crippen LogP contribution in [0, 0.1) is 0 Å². The molecule has 84 valence electrons. The van der Waals surface area contributed by atoms with Crippen LogP contribution in [0.4, 0.5) is 0 Å². The Hall–Kier alpha value is -1.68. The van der Waals surface area contributed by atoms with Crippen molar-refractivity contribution in [3.63, 3.8) is 0 Å². The van der Waals surface area contributed by atoms with Crippen LogP contribution >= 0.6 is 15.9 Å². The maximum atomic E-state index is 4.18. The SMILES string of the molecule is BrCc1ccc(-n2nnc3ccccc32)cc1. The Morgan fingerprint density at radius 1 is 1.00 bits per heavy atom. The summed E-state index contributed by atoms with van der Waals surface area (Å²) in [7, 11) is 0. The van der Waals surface area contributed by atoms with Gasteiger partial charge in [-0.3, -0.25) is 0 Å². The second kappa shape index (κ2) is 4.30. The van der Waals surface area contributed by atoms with E-state index in [4.69, 9.17) is 0 Å². The van der Waals surface area contributed by atoms with Crippen LogP contribution < -0.4 is 0 Å². The van der Waals surface area contributed by atoms with E-state index in [1.54, 1.807) is 0 Å². The fraction of sp³-hybridized carbons (Fsp3) is 0.0769. The molecule has 0 spiro atoms. The zero-order chi connectivity index (χ0) is 11.7. The van der Waals surface area contributed by atoms with Gasteiger partial charge in [-0.2, -0.15) is 0 Å². The van der Waals surface area contributed by atoms with Crippen molar-refractivity contribution in [2.24, 2.45) is 0 Å². The number of nitrogens with zero attached hydrogens (tertiary/aromatic N) is 3. The minimum atomic E-state index is 0.866. The van der Waals surface area contributed by atoms with Crippen molar-refractivity contribution < 1.29 is 0 Å². The Kier molecular flexibility index (Phi) is 2.65. The highest BCUT2D eigenvalue weighted by atomic mass is 79.9. The molecule has 0 bridgehead atoms. The zero-order valence-electron chi connectivity index (χ0n) is 9.05. The molecule has 0 aliphatic carbocycles. The number of hydrogen-bond donors (Lipinski definition) is 0. The highest BCUT2D eigenvalue weighted by molar-refractivity contribution is 9.08. The number of halogens is 1. The van der Waals surface area contributed by atoms with Crippen molar-refractivity contribution in [1.82, 2.24) is 15.0 Å². The van der Waals surface area contributed by atoms with Crippen LogP contribution in [0.3, 0.4) is 0 Å². The number of benzene rings is 2. The van der Waals surface area contributed by atoms with Gasteiger partial charge in [0.05, 0.1) is 11.2 Å². The Morgan fingerprint density at radius 2 is 1.76 bits per heavy atom. The summed E-state index contributed by atoms with van der Waals surface area (Å²) in [6.45, 7) is 0. The van der Waals surface area contributed by atoms with E-state index >= 15 is 0 Å². The Labute approximate surface area is 107 Å². The van der Waals surface area contributed by atoms with Crippen molar-refractivity contribution in [3.8, 4) is 5.69 Å². The summed E-state index contributed by atoms with van der Waals surface area (Å²) in [6, 6.07) is 16.2. The van der Waals surface area contributed by atoms with E-state index in [0.29, 0.717) is 0 Å².